The molecule has 2 heterocycles. The van der Waals surface area contributed by atoms with Crippen molar-refractivity contribution < 1.29 is 0 Å². The van der Waals surface area contributed by atoms with E-state index in [1.807, 2.05) is 20.2 Å². The third-order valence-corrected chi connectivity index (χ3v) is 2.49. The van der Waals surface area contributed by atoms with Gasteiger partial charge in [-0.2, -0.15) is 5.10 Å². The van der Waals surface area contributed by atoms with Gasteiger partial charge in [-0.15, -0.1) is 0 Å². The maximum atomic E-state index is 5.09. The van der Waals surface area contributed by atoms with Gasteiger partial charge in [-0.3, -0.25) is 4.68 Å². The lowest BCUT2D eigenvalue weighted by atomic mass is 10.2. The van der Waals surface area contributed by atoms with E-state index in [2.05, 4.69) is 15.1 Å². The zero-order valence-corrected chi connectivity index (χ0v) is 8.80. The predicted molar refractivity (Wildman–Crippen MR) is 56.4 cm³/mol. The molecule has 0 radical (unpaired) electrons. The van der Waals surface area contributed by atoms with Crippen LogP contribution in [0.4, 0.5) is 0 Å². The van der Waals surface area contributed by atoms with Gasteiger partial charge in [0.1, 0.15) is 4.64 Å². The van der Waals surface area contributed by atoms with Crippen molar-refractivity contribution in [2.45, 2.75) is 6.92 Å². The average Bonchev–Trinajstić information content (AvgIpc) is 2.57. The molecule has 0 unspecified atom stereocenters. The minimum atomic E-state index is 0.627. The Bertz CT molecular complexity index is 512. The highest BCUT2D eigenvalue weighted by molar-refractivity contribution is 7.71. The van der Waals surface area contributed by atoms with Gasteiger partial charge in [0.25, 0.3) is 0 Å². The SMILES string of the molecule is Cc1c(-c2cnn(C)c2)[nH]cnc1=S. The predicted octanol–water partition coefficient (Wildman–Crippen LogP) is 1.85. The van der Waals surface area contributed by atoms with E-state index in [1.54, 1.807) is 17.2 Å². The van der Waals surface area contributed by atoms with Crippen molar-refractivity contribution in [2.24, 2.45) is 7.05 Å². The summed E-state index contributed by atoms with van der Waals surface area (Å²) in [6.45, 7) is 1.95. The lowest BCUT2D eigenvalue weighted by Gasteiger charge is -2.01. The first-order chi connectivity index (χ1) is 6.68. The van der Waals surface area contributed by atoms with Crippen LogP contribution in [0.25, 0.3) is 11.3 Å². The Balaban J connectivity index is 2.63. The van der Waals surface area contributed by atoms with E-state index in [0.29, 0.717) is 4.64 Å². The van der Waals surface area contributed by atoms with Crippen LogP contribution in [0.2, 0.25) is 0 Å². The molecule has 2 aromatic heterocycles. The minimum Gasteiger partial charge on any atom is -0.345 e. The first-order valence-electron chi connectivity index (χ1n) is 4.22. The first-order valence-corrected chi connectivity index (χ1v) is 4.62. The molecule has 0 saturated heterocycles. The molecule has 0 bridgehead atoms. The number of rotatable bonds is 1. The van der Waals surface area contributed by atoms with Crippen LogP contribution in [0.3, 0.4) is 0 Å². The molecular formula is C9H10N4S. The Labute approximate surface area is 86.6 Å². The van der Waals surface area contributed by atoms with Gasteiger partial charge in [0, 0.05) is 24.4 Å². The number of H-pyrrole nitrogens is 1. The van der Waals surface area contributed by atoms with Gasteiger partial charge in [-0.05, 0) is 6.92 Å². The number of nitrogens with one attached hydrogen (secondary N) is 1. The first kappa shape index (κ1) is 9.08. The number of hydrogen-bond donors (Lipinski definition) is 1. The van der Waals surface area contributed by atoms with E-state index in [1.165, 1.54) is 0 Å². The van der Waals surface area contributed by atoms with Gasteiger partial charge < -0.3 is 4.98 Å². The summed E-state index contributed by atoms with van der Waals surface area (Å²) >= 11 is 5.09. The van der Waals surface area contributed by atoms with Crippen molar-refractivity contribution in [1.82, 2.24) is 19.7 Å². The quantitative estimate of drug-likeness (QED) is 0.724. The summed E-state index contributed by atoms with van der Waals surface area (Å²) in [4.78, 5) is 7.08. The molecule has 14 heavy (non-hydrogen) atoms. The number of aromatic amines is 1. The Hall–Kier alpha value is -1.49. The highest BCUT2D eigenvalue weighted by Gasteiger charge is 2.05. The van der Waals surface area contributed by atoms with E-state index < -0.39 is 0 Å². The van der Waals surface area contributed by atoms with Crippen LogP contribution in [0.5, 0.6) is 0 Å². The standard InChI is InChI=1S/C9H10N4S/c1-6-8(10-5-11-9(6)14)7-3-12-13(2)4-7/h3-5H,1-2H3,(H,10,11,14). The molecule has 1 N–H and O–H groups in total. The largest absolute Gasteiger partial charge is 0.345 e. The van der Waals surface area contributed by atoms with Crippen molar-refractivity contribution in [1.29, 1.82) is 0 Å². The molecule has 0 aliphatic heterocycles. The molecule has 0 fully saturated rings. The number of aryl methyl sites for hydroxylation is 1. The molecule has 4 nitrogen and oxygen atoms in total. The van der Waals surface area contributed by atoms with Gasteiger partial charge in [-0.1, -0.05) is 12.2 Å². The molecule has 0 aliphatic rings. The third-order valence-electron chi connectivity index (χ3n) is 2.08. The van der Waals surface area contributed by atoms with Gasteiger partial charge in [0.2, 0.25) is 0 Å². The normalized spacial score (nSPS) is 10.4. The molecular weight excluding hydrogens is 196 g/mol. The summed E-state index contributed by atoms with van der Waals surface area (Å²) in [6.07, 6.45) is 5.35. The molecule has 0 saturated carbocycles. The monoisotopic (exact) mass is 206 g/mol. The van der Waals surface area contributed by atoms with E-state index in [9.17, 15) is 0 Å². The van der Waals surface area contributed by atoms with Crippen molar-refractivity contribution in [3.05, 3.63) is 28.9 Å². The average molecular weight is 206 g/mol. The van der Waals surface area contributed by atoms with Crippen LogP contribution in [-0.2, 0) is 7.05 Å². The molecule has 5 heteroatoms. The minimum absolute atomic E-state index is 0.627. The van der Waals surface area contributed by atoms with Crippen LogP contribution in [-0.4, -0.2) is 19.7 Å². The molecule has 0 atom stereocenters. The lowest BCUT2D eigenvalue weighted by molar-refractivity contribution is 0.768. The van der Waals surface area contributed by atoms with Crippen LogP contribution < -0.4 is 0 Å². The Morgan fingerprint density at radius 3 is 2.93 bits per heavy atom. The zero-order valence-electron chi connectivity index (χ0n) is 7.98. The van der Waals surface area contributed by atoms with Gasteiger partial charge in [0.15, 0.2) is 0 Å². The van der Waals surface area contributed by atoms with Crippen molar-refractivity contribution in [2.75, 3.05) is 0 Å². The summed E-state index contributed by atoms with van der Waals surface area (Å²) in [5.74, 6) is 0. The third kappa shape index (κ3) is 1.46. The molecule has 0 amide bonds. The molecule has 0 aliphatic carbocycles. The maximum absolute atomic E-state index is 5.09. The molecule has 2 aromatic rings. The van der Waals surface area contributed by atoms with Crippen molar-refractivity contribution in [3.8, 4) is 11.3 Å². The fraction of sp³-hybridized carbons (Fsp3) is 0.222. The Kier molecular flexibility index (Phi) is 2.17. The summed E-state index contributed by atoms with van der Waals surface area (Å²) in [6, 6.07) is 0. The van der Waals surface area contributed by atoms with Crippen LogP contribution in [0.1, 0.15) is 5.56 Å². The second-order valence-electron chi connectivity index (χ2n) is 3.11. The summed E-state index contributed by atoms with van der Waals surface area (Å²) in [7, 11) is 1.88. The van der Waals surface area contributed by atoms with Crippen LogP contribution in [0.15, 0.2) is 18.7 Å². The second-order valence-corrected chi connectivity index (χ2v) is 3.50. The molecule has 0 aromatic carbocycles. The molecule has 72 valence electrons. The fourth-order valence-corrected chi connectivity index (χ4v) is 1.47. The summed E-state index contributed by atoms with van der Waals surface area (Å²) < 4.78 is 2.38. The molecule has 0 spiro atoms. The number of hydrogen-bond acceptors (Lipinski definition) is 3. The van der Waals surface area contributed by atoms with Gasteiger partial charge in [0.05, 0.1) is 18.2 Å². The van der Waals surface area contributed by atoms with E-state index in [4.69, 9.17) is 12.2 Å². The maximum Gasteiger partial charge on any atom is 0.132 e. The Morgan fingerprint density at radius 2 is 2.29 bits per heavy atom. The van der Waals surface area contributed by atoms with E-state index >= 15 is 0 Å². The number of aromatic nitrogens is 4. The lowest BCUT2D eigenvalue weighted by Crippen LogP contribution is -1.90. The Morgan fingerprint density at radius 1 is 1.50 bits per heavy atom. The van der Waals surface area contributed by atoms with Crippen LogP contribution in [0, 0.1) is 11.6 Å². The van der Waals surface area contributed by atoms with E-state index in [-0.39, 0.29) is 0 Å². The summed E-state index contributed by atoms with van der Waals surface area (Å²) in [5.41, 5.74) is 2.99. The van der Waals surface area contributed by atoms with Crippen molar-refractivity contribution >= 4 is 12.2 Å². The summed E-state index contributed by atoms with van der Waals surface area (Å²) in [5, 5.41) is 4.11. The van der Waals surface area contributed by atoms with Crippen molar-refractivity contribution in [3.63, 3.8) is 0 Å². The van der Waals surface area contributed by atoms with Gasteiger partial charge >= 0.3 is 0 Å². The zero-order chi connectivity index (χ0) is 10.1. The molecule has 2 rings (SSSR count). The second kappa shape index (κ2) is 3.34. The fourth-order valence-electron chi connectivity index (χ4n) is 1.32. The van der Waals surface area contributed by atoms with E-state index in [0.717, 1.165) is 16.8 Å². The highest BCUT2D eigenvalue weighted by atomic mass is 32.1. The highest BCUT2D eigenvalue weighted by Crippen LogP contribution is 2.19. The topological polar surface area (TPSA) is 46.5 Å². The van der Waals surface area contributed by atoms with Gasteiger partial charge in [-0.25, -0.2) is 4.98 Å². The number of nitrogens with zero attached hydrogens (tertiary/aromatic N) is 3. The smallest absolute Gasteiger partial charge is 0.132 e. The van der Waals surface area contributed by atoms with Crippen LogP contribution >= 0.6 is 12.2 Å².